The maximum atomic E-state index is 5.89. The molecule has 1 aromatic heterocycles. The van der Waals surface area contributed by atoms with Gasteiger partial charge in [0, 0.05) is 26.7 Å². The smallest absolute Gasteiger partial charge is 0.138 e. The fourth-order valence-electron chi connectivity index (χ4n) is 2.07. The van der Waals surface area contributed by atoms with Gasteiger partial charge in [-0.15, -0.1) is 0 Å². The Bertz CT molecular complexity index is 317. The van der Waals surface area contributed by atoms with Crippen LogP contribution in [0.5, 0.6) is 0 Å². The molecular weight excluding hydrogens is 192 g/mol. The second-order valence-electron chi connectivity index (χ2n) is 4.29. The number of hydrogen-bond acceptors (Lipinski definition) is 4. The Kier molecular flexibility index (Phi) is 3.02. The average molecular weight is 210 g/mol. The molecule has 0 radical (unpaired) electrons. The van der Waals surface area contributed by atoms with E-state index in [9.17, 15) is 0 Å². The van der Waals surface area contributed by atoms with Gasteiger partial charge in [0.2, 0.25) is 0 Å². The van der Waals surface area contributed by atoms with E-state index in [0.29, 0.717) is 6.54 Å². The summed E-state index contributed by atoms with van der Waals surface area (Å²) in [6.45, 7) is 2.33. The third kappa shape index (κ3) is 2.18. The van der Waals surface area contributed by atoms with E-state index in [4.69, 9.17) is 10.5 Å². The number of aryl methyl sites for hydroxylation is 1. The van der Waals surface area contributed by atoms with Gasteiger partial charge in [-0.3, -0.25) is 4.68 Å². The molecule has 5 heteroatoms. The zero-order chi connectivity index (χ0) is 10.7. The highest BCUT2D eigenvalue weighted by Crippen LogP contribution is 2.32. The first kappa shape index (κ1) is 10.6. The summed E-state index contributed by atoms with van der Waals surface area (Å²) in [5.41, 5.74) is 6.06. The van der Waals surface area contributed by atoms with E-state index in [1.54, 1.807) is 6.33 Å². The lowest BCUT2D eigenvalue weighted by Crippen LogP contribution is -2.39. The lowest BCUT2D eigenvalue weighted by atomic mass is 9.77. The Morgan fingerprint density at radius 1 is 1.53 bits per heavy atom. The second-order valence-corrected chi connectivity index (χ2v) is 4.29. The third-order valence-electron chi connectivity index (χ3n) is 3.32. The SMILES string of the molecule is Cn1ncnc1CC1(CN)CCOCC1. The summed E-state index contributed by atoms with van der Waals surface area (Å²) in [6.07, 6.45) is 4.55. The molecule has 0 amide bonds. The first-order chi connectivity index (χ1) is 7.26. The highest BCUT2D eigenvalue weighted by Gasteiger charge is 2.32. The number of nitrogens with zero attached hydrogens (tertiary/aromatic N) is 3. The van der Waals surface area contributed by atoms with Crippen molar-refractivity contribution in [2.24, 2.45) is 18.2 Å². The molecular formula is C10H18N4O. The molecule has 0 saturated carbocycles. The van der Waals surface area contributed by atoms with E-state index in [1.807, 2.05) is 11.7 Å². The first-order valence-corrected chi connectivity index (χ1v) is 5.36. The van der Waals surface area contributed by atoms with Gasteiger partial charge < -0.3 is 10.5 Å². The van der Waals surface area contributed by atoms with Crippen molar-refractivity contribution in [1.29, 1.82) is 0 Å². The van der Waals surface area contributed by atoms with Crippen molar-refractivity contribution in [3.8, 4) is 0 Å². The highest BCUT2D eigenvalue weighted by molar-refractivity contribution is 4.95. The minimum atomic E-state index is 0.166. The zero-order valence-electron chi connectivity index (χ0n) is 9.15. The average Bonchev–Trinajstić information content (AvgIpc) is 2.66. The standard InChI is InChI=1S/C10H18N4O/c1-14-9(12-8-13-14)6-10(7-11)2-4-15-5-3-10/h8H,2-7,11H2,1H3. The molecule has 2 rings (SSSR count). The van der Waals surface area contributed by atoms with Crippen LogP contribution in [0, 0.1) is 5.41 Å². The highest BCUT2D eigenvalue weighted by atomic mass is 16.5. The van der Waals surface area contributed by atoms with Crippen molar-refractivity contribution >= 4 is 0 Å². The van der Waals surface area contributed by atoms with E-state index in [0.717, 1.165) is 38.3 Å². The summed E-state index contributed by atoms with van der Waals surface area (Å²) in [4.78, 5) is 4.26. The summed E-state index contributed by atoms with van der Waals surface area (Å²) in [7, 11) is 1.92. The van der Waals surface area contributed by atoms with Gasteiger partial charge in [0.05, 0.1) is 0 Å². The van der Waals surface area contributed by atoms with Gasteiger partial charge in [0.25, 0.3) is 0 Å². The molecule has 0 bridgehead atoms. The van der Waals surface area contributed by atoms with Gasteiger partial charge in [0.1, 0.15) is 12.2 Å². The molecule has 2 N–H and O–H groups in total. The summed E-state index contributed by atoms with van der Waals surface area (Å²) in [6, 6.07) is 0. The van der Waals surface area contributed by atoms with Crippen LogP contribution in [0.2, 0.25) is 0 Å². The Morgan fingerprint density at radius 2 is 2.27 bits per heavy atom. The molecule has 1 saturated heterocycles. The molecule has 1 fully saturated rings. The van der Waals surface area contributed by atoms with E-state index >= 15 is 0 Å². The topological polar surface area (TPSA) is 66.0 Å². The maximum Gasteiger partial charge on any atom is 0.138 e. The number of ether oxygens (including phenoxy) is 1. The van der Waals surface area contributed by atoms with Crippen LogP contribution in [-0.2, 0) is 18.2 Å². The lowest BCUT2D eigenvalue weighted by Gasteiger charge is -2.35. The number of nitrogens with two attached hydrogens (primary N) is 1. The van der Waals surface area contributed by atoms with Crippen LogP contribution in [0.25, 0.3) is 0 Å². The fraction of sp³-hybridized carbons (Fsp3) is 0.800. The second kappa shape index (κ2) is 4.28. The lowest BCUT2D eigenvalue weighted by molar-refractivity contribution is 0.0178. The summed E-state index contributed by atoms with van der Waals surface area (Å²) in [5, 5.41) is 4.08. The molecule has 5 nitrogen and oxygen atoms in total. The van der Waals surface area contributed by atoms with Crippen LogP contribution in [0.1, 0.15) is 18.7 Å². The van der Waals surface area contributed by atoms with Crippen molar-refractivity contribution in [2.75, 3.05) is 19.8 Å². The van der Waals surface area contributed by atoms with Gasteiger partial charge in [-0.25, -0.2) is 4.98 Å². The van der Waals surface area contributed by atoms with E-state index in [1.165, 1.54) is 0 Å². The molecule has 0 aliphatic carbocycles. The molecule has 0 atom stereocenters. The first-order valence-electron chi connectivity index (χ1n) is 5.36. The molecule has 84 valence electrons. The Hall–Kier alpha value is -0.940. The molecule has 0 aromatic carbocycles. The van der Waals surface area contributed by atoms with Crippen molar-refractivity contribution in [3.05, 3.63) is 12.2 Å². The Labute approximate surface area is 89.6 Å². The van der Waals surface area contributed by atoms with Crippen LogP contribution in [0.3, 0.4) is 0 Å². The molecule has 2 heterocycles. The van der Waals surface area contributed by atoms with E-state index in [2.05, 4.69) is 10.1 Å². The monoisotopic (exact) mass is 210 g/mol. The summed E-state index contributed by atoms with van der Waals surface area (Å²) in [5.74, 6) is 1.02. The molecule has 0 spiro atoms. The number of rotatable bonds is 3. The Morgan fingerprint density at radius 3 is 2.80 bits per heavy atom. The predicted molar refractivity (Wildman–Crippen MR) is 56.2 cm³/mol. The zero-order valence-corrected chi connectivity index (χ0v) is 9.15. The van der Waals surface area contributed by atoms with Gasteiger partial charge in [-0.05, 0) is 24.8 Å². The minimum Gasteiger partial charge on any atom is -0.381 e. The van der Waals surface area contributed by atoms with E-state index < -0.39 is 0 Å². The maximum absolute atomic E-state index is 5.89. The largest absolute Gasteiger partial charge is 0.381 e. The predicted octanol–water partition coefficient (Wildman–Crippen LogP) is 0.113. The van der Waals surface area contributed by atoms with Crippen molar-refractivity contribution < 1.29 is 4.74 Å². The van der Waals surface area contributed by atoms with Crippen molar-refractivity contribution in [1.82, 2.24) is 14.8 Å². The van der Waals surface area contributed by atoms with Gasteiger partial charge >= 0.3 is 0 Å². The molecule has 1 aliphatic heterocycles. The van der Waals surface area contributed by atoms with E-state index in [-0.39, 0.29) is 5.41 Å². The van der Waals surface area contributed by atoms with Gasteiger partial charge in [-0.1, -0.05) is 0 Å². The fourth-order valence-corrected chi connectivity index (χ4v) is 2.07. The van der Waals surface area contributed by atoms with Crippen molar-refractivity contribution in [2.45, 2.75) is 19.3 Å². The van der Waals surface area contributed by atoms with Gasteiger partial charge in [-0.2, -0.15) is 5.10 Å². The van der Waals surface area contributed by atoms with Crippen LogP contribution >= 0.6 is 0 Å². The number of hydrogen-bond donors (Lipinski definition) is 1. The summed E-state index contributed by atoms with van der Waals surface area (Å²) >= 11 is 0. The molecule has 1 aliphatic rings. The van der Waals surface area contributed by atoms with Gasteiger partial charge in [0.15, 0.2) is 0 Å². The summed E-state index contributed by atoms with van der Waals surface area (Å²) < 4.78 is 7.20. The third-order valence-corrected chi connectivity index (χ3v) is 3.32. The van der Waals surface area contributed by atoms with Crippen molar-refractivity contribution in [3.63, 3.8) is 0 Å². The minimum absolute atomic E-state index is 0.166. The normalized spacial score (nSPS) is 20.4. The molecule has 1 aromatic rings. The van der Waals surface area contributed by atoms with Crippen LogP contribution in [0.15, 0.2) is 6.33 Å². The molecule has 15 heavy (non-hydrogen) atoms. The quantitative estimate of drug-likeness (QED) is 0.769. The van der Waals surface area contributed by atoms with Crippen LogP contribution < -0.4 is 5.73 Å². The Balaban J connectivity index is 2.10. The van der Waals surface area contributed by atoms with Crippen LogP contribution in [0.4, 0.5) is 0 Å². The van der Waals surface area contributed by atoms with Crippen LogP contribution in [-0.4, -0.2) is 34.5 Å². The number of aromatic nitrogens is 3. The molecule has 0 unspecified atom stereocenters.